The van der Waals surface area contributed by atoms with Crippen molar-refractivity contribution in [3.63, 3.8) is 0 Å². The number of fused-ring (bicyclic) bond motifs is 1. The molecule has 0 saturated carbocycles. The molecule has 8 heteroatoms. The van der Waals surface area contributed by atoms with Gasteiger partial charge in [-0.15, -0.1) is 5.10 Å². The number of para-hydroxylation sites is 1. The molecule has 0 saturated heterocycles. The molecule has 0 radical (unpaired) electrons. The van der Waals surface area contributed by atoms with E-state index >= 15 is 0 Å². The fourth-order valence-corrected chi connectivity index (χ4v) is 5.49. The van der Waals surface area contributed by atoms with Gasteiger partial charge in [0.2, 0.25) is 4.96 Å². The zero-order chi connectivity index (χ0) is 28.5. The van der Waals surface area contributed by atoms with Crippen molar-refractivity contribution in [3.05, 3.63) is 111 Å². The highest BCUT2D eigenvalue weighted by atomic mass is 32.1. The summed E-state index contributed by atoms with van der Waals surface area (Å²) >= 11 is 1.33. The van der Waals surface area contributed by atoms with Gasteiger partial charge in [-0.05, 0) is 68.2 Å². The predicted octanol–water partition coefficient (Wildman–Crippen LogP) is 6.26. The Bertz CT molecular complexity index is 1940. The molecule has 3 aromatic heterocycles. The van der Waals surface area contributed by atoms with E-state index in [1.165, 1.54) is 15.9 Å². The summed E-state index contributed by atoms with van der Waals surface area (Å²) < 4.78 is 9.82. The van der Waals surface area contributed by atoms with E-state index in [1.54, 1.807) is 0 Å². The molecule has 0 fully saturated rings. The largest absolute Gasteiger partial charge is 0.493 e. The molecular weight excluding hydrogens is 530 g/mol. The molecule has 206 valence electrons. The summed E-state index contributed by atoms with van der Waals surface area (Å²) in [5, 5.41) is 9.46. The van der Waals surface area contributed by atoms with Crippen LogP contribution in [0.1, 0.15) is 37.0 Å². The molecular formula is C33H31N5O2S. The number of ether oxygens (including phenoxy) is 1. The minimum atomic E-state index is -0.195. The van der Waals surface area contributed by atoms with Crippen molar-refractivity contribution in [1.29, 1.82) is 0 Å². The van der Waals surface area contributed by atoms with E-state index in [4.69, 9.17) is 9.84 Å². The van der Waals surface area contributed by atoms with Crippen LogP contribution in [0.4, 0.5) is 0 Å². The summed E-state index contributed by atoms with van der Waals surface area (Å²) in [6, 6.07) is 24.0. The molecule has 0 spiro atoms. The standard InChI is InChI=1S/C33H31N5O2S/c1-21(2)16-17-40-28-15-14-25(18-23(28)4)30-26(20-37(35-30)27-8-6-5-7-9-27)19-29-32(39)38-33(41-29)34-31(36-38)24-12-10-22(3)11-13-24/h5-15,18-21H,16-17H2,1-4H3/b29-19-. The number of benzene rings is 3. The maximum Gasteiger partial charge on any atom is 0.291 e. The first-order chi connectivity index (χ1) is 19.9. The number of thiazole rings is 1. The zero-order valence-corrected chi connectivity index (χ0v) is 24.4. The van der Waals surface area contributed by atoms with Gasteiger partial charge in [0, 0.05) is 22.9 Å². The summed E-state index contributed by atoms with van der Waals surface area (Å²) in [6.45, 7) is 9.15. The minimum absolute atomic E-state index is 0.195. The van der Waals surface area contributed by atoms with Gasteiger partial charge in [0.15, 0.2) is 5.82 Å². The molecule has 3 heterocycles. The van der Waals surface area contributed by atoms with Crippen molar-refractivity contribution < 1.29 is 4.74 Å². The Kier molecular flexibility index (Phi) is 7.24. The third-order valence-corrected chi connectivity index (χ3v) is 7.90. The van der Waals surface area contributed by atoms with Crippen LogP contribution in [0.3, 0.4) is 0 Å². The first-order valence-corrected chi connectivity index (χ1v) is 14.5. The number of rotatable bonds is 8. The summed E-state index contributed by atoms with van der Waals surface area (Å²) in [5.74, 6) is 2.01. The van der Waals surface area contributed by atoms with E-state index in [1.807, 2.05) is 97.5 Å². The predicted molar refractivity (Wildman–Crippen MR) is 165 cm³/mol. The monoisotopic (exact) mass is 561 g/mol. The van der Waals surface area contributed by atoms with Crippen LogP contribution in [0.25, 0.3) is 39.4 Å². The number of aromatic nitrogens is 5. The highest BCUT2D eigenvalue weighted by Gasteiger charge is 2.16. The second-order valence-corrected chi connectivity index (χ2v) is 11.6. The summed E-state index contributed by atoms with van der Waals surface area (Å²) in [5.41, 5.74) is 6.39. The molecule has 41 heavy (non-hydrogen) atoms. The lowest BCUT2D eigenvalue weighted by Gasteiger charge is -2.11. The summed E-state index contributed by atoms with van der Waals surface area (Å²) in [4.78, 5) is 18.6. The van der Waals surface area contributed by atoms with E-state index in [0.29, 0.717) is 27.8 Å². The number of aryl methyl sites for hydroxylation is 2. The lowest BCUT2D eigenvalue weighted by molar-refractivity contribution is 0.288. The maximum absolute atomic E-state index is 13.4. The van der Waals surface area contributed by atoms with Crippen LogP contribution in [0.15, 0.2) is 83.8 Å². The number of nitrogens with zero attached hydrogens (tertiary/aromatic N) is 5. The summed E-state index contributed by atoms with van der Waals surface area (Å²) in [6.07, 6.45) is 4.85. The van der Waals surface area contributed by atoms with Crippen molar-refractivity contribution in [2.75, 3.05) is 6.61 Å². The number of hydrogen-bond acceptors (Lipinski definition) is 6. The lowest BCUT2D eigenvalue weighted by atomic mass is 10.0. The van der Waals surface area contributed by atoms with Gasteiger partial charge in [-0.1, -0.05) is 73.2 Å². The quantitative estimate of drug-likeness (QED) is 0.219. The molecule has 0 aliphatic carbocycles. The lowest BCUT2D eigenvalue weighted by Crippen LogP contribution is -2.23. The molecule has 6 rings (SSSR count). The second-order valence-electron chi connectivity index (χ2n) is 10.6. The summed E-state index contributed by atoms with van der Waals surface area (Å²) in [7, 11) is 0. The van der Waals surface area contributed by atoms with Crippen LogP contribution >= 0.6 is 11.3 Å². The normalized spacial score (nSPS) is 12.1. The van der Waals surface area contributed by atoms with Crippen molar-refractivity contribution >= 4 is 22.4 Å². The van der Waals surface area contributed by atoms with Crippen LogP contribution in [-0.4, -0.2) is 31.0 Å². The maximum atomic E-state index is 13.4. The highest BCUT2D eigenvalue weighted by molar-refractivity contribution is 7.15. The van der Waals surface area contributed by atoms with Gasteiger partial charge in [0.05, 0.1) is 16.8 Å². The van der Waals surface area contributed by atoms with Crippen LogP contribution < -0.4 is 14.8 Å². The van der Waals surface area contributed by atoms with E-state index in [2.05, 4.69) is 30.0 Å². The molecule has 7 nitrogen and oxygen atoms in total. The number of hydrogen-bond donors (Lipinski definition) is 0. The van der Waals surface area contributed by atoms with Gasteiger partial charge in [0.25, 0.3) is 5.56 Å². The Morgan fingerprint density at radius 1 is 0.951 bits per heavy atom. The Balaban J connectivity index is 1.41. The van der Waals surface area contributed by atoms with E-state index in [0.717, 1.165) is 51.4 Å². The van der Waals surface area contributed by atoms with Crippen LogP contribution in [0.5, 0.6) is 5.75 Å². The van der Waals surface area contributed by atoms with Gasteiger partial charge in [-0.3, -0.25) is 4.79 Å². The molecule has 0 N–H and O–H groups in total. The Morgan fingerprint density at radius 2 is 1.71 bits per heavy atom. The van der Waals surface area contributed by atoms with Gasteiger partial charge >= 0.3 is 0 Å². The Hall–Kier alpha value is -4.56. The molecule has 3 aromatic carbocycles. The first-order valence-electron chi connectivity index (χ1n) is 13.7. The zero-order valence-electron chi connectivity index (χ0n) is 23.5. The third kappa shape index (κ3) is 5.56. The highest BCUT2D eigenvalue weighted by Crippen LogP contribution is 2.29. The topological polar surface area (TPSA) is 74.3 Å². The van der Waals surface area contributed by atoms with Crippen molar-refractivity contribution in [1.82, 2.24) is 24.4 Å². The van der Waals surface area contributed by atoms with Gasteiger partial charge < -0.3 is 4.74 Å². The Morgan fingerprint density at radius 3 is 2.41 bits per heavy atom. The average Bonchev–Trinajstić information content (AvgIpc) is 3.65. The molecule has 0 aliphatic heterocycles. The van der Waals surface area contributed by atoms with Crippen molar-refractivity contribution in [2.45, 2.75) is 34.1 Å². The van der Waals surface area contributed by atoms with Crippen LogP contribution in [0, 0.1) is 19.8 Å². The van der Waals surface area contributed by atoms with Crippen molar-refractivity contribution in [3.8, 4) is 34.1 Å². The smallest absolute Gasteiger partial charge is 0.291 e. The van der Waals surface area contributed by atoms with Crippen LogP contribution in [-0.2, 0) is 0 Å². The van der Waals surface area contributed by atoms with Gasteiger partial charge in [0.1, 0.15) is 11.4 Å². The fourth-order valence-electron chi connectivity index (χ4n) is 4.59. The van der Waals surface area contributed by atoms with E-state index < -0.39 is 0 Å². The molecule has 6 aromatic rings. The molecule has 0 bridgehead atoms. The van der Waals surface area contributed by atoms with Crippen LogP contribution in [0.2, 0.25) is 0 Å². The molecule has 0 unspecified atom stereocenters. The van der Waals surface area contributed by atoms with Crippen molar-refractivity contribution in [2.24, 2.45) is 5.92 Å². The van der Waals surface area contributed by atoms with Gasteiger partial charge in [-0.25, -0.2) is 4.68 Å². The average molecular weight is 562 g/mol. The minimum Gasteiger partial charge on any atom is -0.493 e. The van der Waals surface area contributed by atoms with E-state index in [9.17, 15) is 4.79 Å². The SMILES string of the molecule is Cc1ccc(-c2nc3s/c(=C\c4cn(-c5ccccc5)nc4-c4ccc(OCCC(C)C)c(C)c4)c(=O)n3n2)cc1. The van der Waals surface area contributed by atoms with E-state index in [-0.39, 0.29) is 5.56 Å². The molecule has 0 atom stereocenters. The molecule has 0 amide bonds. The second kappa shape index (κ2) is 11.1. The third-order valence-electron chi connectivity index (χ3n) is 6.94. The van der Waals surface area contributed by atoms with Gasteiger partial charge in [-0.2, -0.15) is 14.6 Å². The Labute approximate surface area is 242 Å². The fraction of sp³-hybridized carbons (Fsp3) is 0.212. The first kappa shape index (κ1) is 26.7. The molecule has 0 aliphatic rings.